The summed E-state index contributed by atoms with van der Waals surface area (Å²) in [6, 6.07) is 15.9. The summed E-state index contributed by atoms with van der Waals surface area (Å²) in [5.41, 5.74) is 3.27. The highest BCUT2D eigenvalue weighted by molar-refractivity contribution is 7.98. The lowest BCUT2D eigenvalue weighted by molar-refractivity contribution is -0.126. The van der Waals surface area contributed by atoms with E-state index in [1.165, 1.54) is 5.56 Å². The quantitative estimate of drug-likeness (QED) is 0.433. The molecule has 0 bridgehead atoms. The predicted molar refractivity (Wildman–Crippen MR) is 133 cm³/mol. The molecule has 1 unspecified atom stereocenters. The van der Waals surface area contributed by atoms with E-state index >= 15 is 0 Å². The number of likely N-dealkylation sites (tertiary alicyclic amines) is 1. The average Bonchev–Trinajstić information content (AvgIpc) is 3.29. The molecule has 2 aromatic carbocycles. The number of aromatic nitrogens is 2. The molecule has 0 radical (unpaired) electrons. The molecule has 1 N–H and O–H groups in total. The van der Waals surface area contributed by atoms with Crippen molar-refractivity contribution in [2.45, 2.75) is 32.1 Å². The van der Waals surface area contributed by atoms with Crippen LogP contribution in [0.4, 0.5) is 0 Å². The lowest BCUT2D eigenvalue weighted by Gasteiger charge is -2.30. The number of benzene rings is 2. The Hall–Kier alpha value is -2.35. The molecule has 3 aromatic rings. The van der Waals surface area contributed by atoms with Gasteiger partial charge in [0.05, 0.1) is 12.5 Å². The highest BCUT2D eigenvalue weighted by Gasteiger charge is 2.26. The summed E-state index contributed by atoms with van der Waals surface area (Å²) in [7, 11) is 0. The van der Waals surface area contributed by atoms with E-state index < -0.39 is 0 Å². The maximum absolute atomic E-state index is 12.7. The molecule has 1 amide bonds. The van der Waals surface area contributed by atoms with Gasteiger partial charge in [-0.05, 0) is 37.9 Å². The summed E-state index contributed by atoms with van der Waals surface area (Å²) in [6.45, 7) is 4.92. The molecule has 0 saturated carbocycles. The first-order valence-corrected chi connectivity index (χ1v) is 12.8. The molecular formula is C25H29ClN4O2S. The van der Waals surface area contributed by atoms with Crippen LogP contribution in [-0.4, -0.2) is 46.3 Å². The molecule has 6 nitrogen and oxygen atoms in total. The molecule has 4 rings (SSSR count). The maximum Gasteiger partial charge on any atom is 0.241 e. The Kier molecular flexibility index (Phi) is 8.42. The number of carbonyl (C=O) groups is 1. The zero-order valence-electron chi connectivity index (χ0n) is 18.8. The topological polar surface area (TPSA) is 71.3 Å². The first kappa shape index (κ1) is 23.8. The number of amides is 1. The number of aryl methyl sites for hydroxylation is 1. The van der Waals surface area contributed by atoms with E-state index in [1.54, 1.807) is 11.8 Å². The van der Waals surface area contributed by atoms with Crippen LogP contribution >= 0.6 is 23.4 Å². The van der Waals surface area contributed by atoms with Crippen LogP contribution in [-0.2, 0) is 17.1 Å². The number of nitrogens with zero attached hydrogens (tertiary/aromatic N) is 3. The van der Waals surface area contributed by atoms with Gasteiger partial charge in [0.2, 0.25) is 17.6 Å². The lowest BCUT2D eigenvalue weighted by atomic mass is 9.97. The van der Waals surface area contributed by atoms with Crippen molar-refractivity contribution in [1.82, 2.24) is 20.4 Å². The summed E-state index contributed by atoms with van der Waals surface area (Å²) < 4.78 is 5.47. The van der Waals surface area contributed by atoms with Crippen molar-refractivity contribution in [2.24, 2.45) is 5.92 Å². The van der Waals surface area contributed by atoms with Crippen molar-refractivity contribution in [3.05, 3.63) is 70.6 Å². The van der Waals surface area contributed by atoms with E-state index in [4.69, 9.17) is 16.1 Å². The Bertz CT molecular complexity index is 1060. The third kappa shape index (κ3) is 6.82. The smallest absolute Gasteiger partial charge is 0.241 e. The van der Waals surface area contributed by atoms with Crippen LogP contribution in [0.3, 0.4) is 0 Å². The van der Waals surface area contributed by atoms with E-state index in [9.17, 15) is 4.79 Å². The molecule has 1 fully saturated rings. The summed E-state index contributed by atoms with van der Waals surface area (Å²) >= 11 is 7.97. The van der Waals surface area contributed by atoms with E-state index in [0.29, 0.717) is 31.3 Å². The van der Waals surface area contributed by atoms with Crippen molar-refractivity contribution < 1.29 is 9.32 Å². The molecule has 2 heterocycles. The third-order valence-corrected chi connectivity index (χ3v) is 7.15. The van der Waals surface area contributed by atoms with E-state index in [1.807, 2.05) is 55.5 Å². The Morgan fingerprint density at radius 3 is 2.88 bits per heavy atom. The minimum absolute atomic E-state index is 0.00759. The summed E-state index contributed by atoms with van der Waals surface area (Å²) in [4.78, 5) is 19.5. The van der Waals surface area contributed by atoms with Gasteiger partial charge in [-0.2, -0.15) is 16.7 Å². The normalized spacial score (nSPS) is 16.6. The van der Waals surface area contributed by atoms with Crippen LogP contribution in [0.5, 0.6) is 0 Å². The highest BCUT2D eigenvalue weighted by atomic mass is 35.5. The number of carbonyl (C=O) groups excluding carboxylic acids is 1. The van der Waals surface area contributed by atoms with Crippen LogP contribution < -0.4 is 5.32 Å². The first-order chi connectivity index (χ1) is 16.1. The van der Waals surface area contributed by atoms with Gasteiger partial charge < -0.3 is 9.84 Å². The number of rotatable bonds is 9. The Labute approximate surface area is 204 Å². The van der Waals surface area contributed by atoms with Crippen molar-refractivity contribution in [3.8, 4) is 11.4 Å². The molecule has 174 valence electrons. The predicted octanol–water partition coefficient (Wildman–Crippen LogP) is 4.96. The summed E-state index contributed by atoms with van der Waals surface area (Å²) in [6.07, 6.45) is 1.89. The molecule has 8 heteroatoms. The second-order valence-corrected chi connectivity index (χ2v) is 9.90. The number of hydrogen-bond acceptors (Lipinski definition) is 6. The number of thioether (sulfide) groups is 1. The van der Waals surface area contributed by atoms with E-state index in [-0.39, 0.29) is 11.8 Å². The number of piperidine rings is 1. The van der Waals surface area contributed by atoms with Crippen molar-refractivity contribution in [2.75, 3.05) is 25.4 Å². The van der Waals surface area contributed by atoms with Gasteiger partial charge in [0.1, 0.15) is 0 Å². The lowest BCUT2D eigenvalue weighted by Crippen LogP contribution is -2.43. The van der Waals surface area contributed by atoms with Crippen LogP contribution in [0.25, 0.3) is 11.4 Å². The van der Waals surface area contributed by atoms with Gasteiger partial charge in [0.25, 0.3) is 0 Å². The van der Waals surface area contributed by atoms with Gasteiger partial charge in [-0.1, -0.05) is 64.8 Å². The molecule has 1 aliphatic rings. The molecule has 1 atom stereocenters. The fourth-order valence-corrected chi connectivity index (χ4v) is 5.08. The second-order valence-electron chi connectivity index (χ2n) is 8.39. The highest BCUT2D eigenvalue weighted by Crippen LogP contribution is 2.22. The standard InChI is InChI=1S/C25H29ClN4O2S/c1-18-8-10-19(11-9-18)24-28-23(32-29-24)16-30-13-4-6-20(15-30)25(31)27-12-14-33-17-21-5-2-3-7-22(21)26/h2-3,5,7-11,20H,4,6,12-17H2,1H3,(H,27,31). The zero-order chi connectivity index (χ0) is 23.0. The largest absolute Gasteiger partial charge is 0.355 e. The Morgan fingerprint density at radius 1 is 1.24 bits per heavy atom. The summed E-state index contributed by atoms with van der Waals surface area (Å²) in [5, 5.41) is 8.01. The molecule has 33 heavy (non-hydrogen) atoms. The van der Waals surface area contributed by atoms with Gasteiger partial charge >= 0.3 is 0 Å². The summed E-state index contributed by atoms with van der Waals surface area (Å²) in [5.74, 6) is 3.02. The van der Waals surface area contributed by atoms with Crippen LogP contribution in [0.1, 0.15) is 29.9 Å². The fraction of sp³-hybridized carbons (Fsp3) is 0.400. The number of nitrogens with one attached hydrogen (secondary N) is 1. The minimum Gasteiger partial charge on any atom is -0.355 e. The van der Waals surface area contributed by atoms with Crippen molar-refractivity contribution in [3.63, 3.8) is 0 Å². The second kappa shape index (κ2) is 11.7. The molecule has 0 spiro atoms. The monoisotopic (exact) mass is 484 g/mol. The first-order valence-electron chi connectivity index (χ1n) is 11.3. The Morgan fingerprint density at radius 2 is 2.06 bits per heavy atom. The zero-order valence-corrected chi connectivity index (χ0v) is 20.4. The van der Waals surface area contributed by atoms with E-state index in [0.717, 1.165) is 47.0 Å². The molecule has 1 aliphatic heterocycles. The van der Waals surface area contributed by atoms with Crippen LogP contribution in [0, 0.1) is 12.8 Å². The molecule has 1 aromatic heterocycles. The molecule has 1 saturated heterocycles. The van der Waals surface area contributed by atoms with Gasteiger partial charge in [-0.25, -0.2) is 0 Å². The van der Waals surface area contributed by atoms with E-state index in [2.05, 4.69) is 20.4 Å². The average molecular weight is 485 g/mol. The maximum atomic E-state index is 12.7. The third-order valence-electron chi connectivity index (χ3n) is 5.77. The number of halogens is 1. The van der Waals surface area contributed by atoms with Crippen LogP contribution in [0.15, 0.2) is 53.1 Å². The number of hydrogen-bond donors (Lipinski definition) is 1. The van der Waals surface area contributed by atoms with Crippen molar-refractivity contribution >= 4 is 29.3 Å². The molecular weight excluding hydrogens is 456 g/mol. The SMILES string of the molecule is Cc1ccc(-c2noc(CN3CCCC(C(=O)NCCSCc4ccccc4Cl)C3)n2)cc1. The minimum atomic E-state index is -0.00759. The molecule has 0 aliphatic carbocycles. The van der Waals surface area contributed by atoms with Gasteiger partial charge in [0.15, 0.2) is 0 Å². The van der Waals surface area contributed by atoms with Gasteiger partial charge in [-0.3, -0.25) is 9.69 Å². The van der Waals surface area contributed by atoms with Crippen LogP contribution in [0.2, 0.25) is 5.02 Å². The van der Waals surface area contributed by atoms with Gasteiger partial charge in [-0.15, -0.1) is 0 Å². The Balaban J connectivity index is 1.20. The fourth-order valence-electron chi connectivity index (χ4n) is 3.93. The van der Waals surface area contributed by atoms with Gasteiger partial charge in [0, 0.05) is 35.2 Å². The van der Waals surface area contributed by atoms with Crippen molar-refractivity contribution in [1.29, 1.82) is 0 Å².